The molecule has 11 heteroatoms. The van der Waals surface area contributed by atoms with Crippen LogP contribution in [0.2, 0.25) is 0 Å². The van der Waals surface area contributed by atoms with Gasteiger partial charge in [-0.2, -0.15) is 5.26 Å². The van der Waals surface area contributed by atoms with Gasteiger partial charge in [-0.1, -0.05) is 12.1 Å². The maximum Gasteiger partial charge on any atom is 0.182 e. The Labute approximate surface area is 238 Å². The highest BCUT2D eigenvalue weighted by Crippen LogP contribution is 2.55. The van der Waals surface area contributed by atoms with Crippen LogP contribution < -0.4 is 11.1 Å². The molecule has 3 aliphatic rings. The highest BCUT2D eigenvalue weighted by Gasteiger charge is 2.48. The van der Waals surface area contributed by atoms with Crippen LogP contribution in [0.15, 0.2) is 10.7 Å². The zero-order chi connectivity index (χ0) is 28.0. The minimum absolute atomic E-state index is 0.0199. The third kappa shape index (κ3) is 4.21. The average Bonchev–Trinajstić information content (AvgIpc) is 3.68. The fraction of sp³-hybridized carbons (Fsp3) is 0.552. The summed E-state index contributed by atoms with van der Waals surface area (Å²) >= 11 is 1.53. The van der Waals surface area contributed by atoms with Crippen LogP contribution in [0.1, 0.15) is 78.5 Å². The van der Waals surface area contributed by atoms with Crippen molar-refractivity contribution < 1.29 is 9.63 Å². The third-order valence-electron chi connectivity index (χ3n) is 9.15. The van der Waals surface area contributed by atoms with E-state index in [1.54, 1.807) is 6.20 Å². The van der Waals surface area contributed by atoms with Gasteiger partial charge in [0.05, 0.1) is 35.2 Å². The summed E-state index contributed by atoms with van der Waals surface area (Å²) in [4.78, 5) is 13.1. The lowest BCUT2D eigenvalue weighted by Gasteiger charge is -2.39. The van der Waals surface area contributed by atoms with Gasteiger partial charge in [-0.3, -0.25) is 0 Å². The quantitative estimate of drug-likeness (QED) is 0.312. The Balaban J connectivity index is 1.42. The third-order valence-corrected chi connectivity index (χ3v) is 10.2. The molecule has 6 rings (SSSR count). The van der Waals surface area contributed by atoms with Crippen molar-refractivity contribution in [2.75, 3.05) is 37.8 Å². The predicted octanol–water partition coefficient (Wildman–Crippen LogP) is 4.11. The molecule has 1 aliphatic heterocycles. The van der Waals surface area contributed by atoms with Gasteiger partial charge in [-0.05, 0) is 70.5 Å². The highest BCUT2D eigenvalue weighted by atomic mass is 32.1. The van der Waals surface area contributed by atoms with Crippen molar-refractivity contribution in [1.82, 2.24) is 20.0 Å². The summed E-state index contributed by atoms with van der Waals surface area (Å²) in [5.74, 6) is 1.23. The summed E-state index contributed by atoms with van der Waals surface area (Å²) in [7, 11) is 2.12. The summed E-state index contributed by atoms with van der Waals surface area (Å²) in [5.41, 5.74) is 10.7. The fourth-order valence-corrected chi connectivity index (χ4v) is 8.37. The molecule has 1 fully saturated rings. The van der Waals surface area contributed by atoms with Gasteiger partial charge in [0.1, 0.15) is 16.8 Å². The zero-order valence-corrected chi connectivity index (χ0v) is 23.9. The zero-order valence-electron chi connectivity index (χ0n) is 23.1. The number of nitriles is 1. The number of likely N-dealkylation sites (tertiary alicyclic amines) is 1. The smallest absolute Gasteiger partial charge is 0.182 e. The molecule has 0 amide bonds. The summed E-state index contributed by atoms with van der Waals surface area (Å²) in [6, 6.07) is 2.65. The first-order valence-electron chi connectivity index (χ1n) is 14.2. The van der Waals surface area contributed by atoms with Gasteiger partial charge in [0, 0.05) is 28.9 Å². The fourth-order valence-electron chi connectivity index (χ4n) is 7.21. The summed E-state index contributed by atoms with van der Waals surface area (Å²) in [6.45, 7) is 3.43. The number of nitrogens with two attached hydrogens (primary N) is 1. The molecule has 1 saturated heterocycles. The Kier molecular flexibility index (Phi) is 7.10. The maximum absolute atomic E-state index is 9.98. The number of aliphatic hydroxyl groups excluding tert-OH is 1. The Morgan fingerprint density at radius 1 is 1.38 bits per heavy atom. The molecular weight excluding hydrogens is 524 g/mol. The van der Waals surface area contributed by atoms with Gasteiger partial charge >= 0.3 is 0 Å². The molecular formula is C29H36N8O2S. The summed E-state index contributed by atoms with van der Waals surface area (Å²) < 4.78 is 6.15. The standard InChI is InChI=1S/C29H36N8O2S/c1-16(20-7-5-12-37(20)2)23(31)25-19(33-11-13-38)15-34-28(35-25)24-17-6-3-9-29(26(17)39-36-24)10-4-8-21-22(29)18(14-30)27(32)40-21/h15-16,20,31,33,38H,3-13,32H2,1-2H3. The van der Waals surface area contributed by atoms with Crippen LogP contribution in [0.3, 0.4) is 0 Å². The molecule has 40 heavy (non-hydrogen) atoms. The van der Waals surface area contributed by atoms with Gasteiger partial charge in [0.25, 0.3) is 0 Å². The lowest BCUT2D eigenvalue weighted by Crippen LogP contribution is -2.36. The second-order valence-corrected chi connectivity index (χ2v) is 12.5. The van der Waals surface area contributed by atoms with E-state index in [4.69, 9.17) is 20.7 Å². The van der Waals surface area contributed by atoms with E-state index < -0.39 is 5.41 Å². The first-order chi connectivity index (χ1) is 19.4. The minimum atomic E-state index is -0.411. The minimum Gasteiger partial charge on any atom is -0.395 e. The number of thiophene rings is 1. The van der Waals surface area contributed by atoms with E-state index in [0.717, 1.165) is 74.8 Å². The van der Waals surface area contributed by atoms with Crippen molar-refractivity contribution >= 4 is 27.7 Å². The first kappa shape index (κ1) is 26.9. The molecule has 0 bridgehead atoms. The van der Waals surface area contributed by atoms with E-state index in [0.29, 0.717) is 45.7 Å². The molecule has 5 N–H and O–H groups in total. The lowest BCUT2D eigenvalue weighted by molar-refractivity contribution is 0.265. The molecule has 4 heterocycles. The Bertz CT molecular complexity index is 1490. The number of nitrogens with one attached hydrogen (secondary N) is 2. The van der Waals surface area contributed by atoms with Crippen LogP contribution in [0.5, 0.6) is 0 Å². The SMILES string of the molecule is CC(C(=N)c1nc(-c2noc3c2CCCC32CCCc3sc(N)c(C#N)c32)ncc1NCCO)C1CCCN1C. The van der Waals surface area contributed by atoms with E-state index in [2.05, 4.69) is 40.4 Å². The number of anilines is 2. The number of hydrogen-bond donors (Lipinski definition) is 4. The van der Waals surface area contributed by atoms with Crippen LogP contribution in [-0.2, 0) is 18.3 Å². The van der Waals surface area contributed by atoms with E-state index in [1.165, 1.54) is 16.2 Å². The molecule has 0 radical (unpaired) electrons. The van der Waals surface area contributed by atoms with Gasteiger partial charge in [-0.25, -0.2) is 9.97 Å². The van der Waals surface area contributed by atoms with Crippen LogP contribution in [0.4, 0.5) is 10.7 Å². The number of aryl methyl sites for hydroxylation is 1. The average molecular weight is 561 g/mol. The number of aliphatic hydroxyl groups is 1. The van der Waals surface area contributed by atoms with Crippen molar-refractivity contribution in [1.29, 1.82) is 10.7 Å². The first-order valence-corrected chi connectivity index (χ1v) is 15.0. The number of nitrogen functional groups attached to an aromatic ring is 1. The van der Waals surface area contributed by atoms with Crippen LogP contribution >= 0.6 is 11.3 Å². The van der Waals surface area contributed by atoms with Gasteiger partial charge in [-0.15, -0.1) is 11.3 Å². The van der Waals surface area contributed by atoms with Crippen LogP contribution in [0.25, 0.3) is 11.5 Å². The molecule has 3 aromatic rings. The van der Waals surface area contributed by atoms with Crippen molar-refractivity contribution in [2.24, 2.45) is 5.92 Å². The molecule has 0 saturated carbocycles. The highest BCUT2D eigenvalue weighted by molar-refractivity contribution is 7.16. The molecule has 2 aliphatic carbocycles. The Hall–Kier alpha value is -3.33. The topological polar surface area (TPSA) is 161 Å². The van der Waals surface area contributed by atoms with Crippen molar-refractivity contribution in [2.45, 2.75) is 69.7 Å². The number of rotatable bonds is 7. The molecule has 3 atom stereocenters. The number of hydrogen-bond acceptors (Lipinski definition) is 11. The number of nitrogens with zero attached hydrogens (tertiary/aromatic N) is 5. The largest absolute Gasteiger partial charge is 0.395 e. The lowest BCUT2D eigenvalue weighted by atomic mass is 9.63. The Morgan fingerprint density at radius 2 is 2.17 bits per heavy atom. The van der Waals surface area contributed by atoms with Crippen molar-refractivity contribution in [3.8, 4) is 17.6 Å². The van der Waals surface area contributed by atoms with Gasteiger partial charge in [0.15, 0.2) is 17.3 Å². The van der Waals surface area contributed by atoms with Crippen molar-refractivity contribution in [3.05, 3.63) is 39.2 Å². The van der Waals surface area contributed by atoms with Crippen molar-refractivity contribution in [3.63, 3.8) is 0 Å². The predicted molar refractivity (Wildman–Crippen MR) is 155 cm³/mol. The number of fused-ring (bicyclic) bond motifs is 4. The second kappa shape index (κ2) is 10.6. The van der Waals surface area contributed by atoms with Crippen LogP contribution in [0, 0.1) is 22.7 Å². The van der Waals surface area contributed by atoms with Gasteiger partial charge < -0.3 is 31.0 Å². The van der Waals surface area contributed by atoms with Gasteiger partial charge in [0.2, 0.25) is 0 Å². The Morgan fingerprint density at radius 3 is 2.90 bits per heavy atom. The molecule has 0 aromatic carbocycles. The summed E-state index contributed by atoms with van der Waals surface area (Å²) in [5, 5.41) is 36.9. The van der Waals surface area contributed by atoms with E-state index >= 15 is 0 Å². The molecule has 3 aromatic heterocycles. The maximum atomic E-state index is 9.98. The summed E-state index contributed by atoms with van der Waals surface area (Å²) in [6.07, 6.45) is 9.30. The normalized spacial score (nSPS) is 23.0. The molecule has 3 unspecified atom stereocenters. The molecule has 10 nitrogen and oxygen atoms in total. The monoisotopic (exact) mass is 560 g/mol. The molecule has 1 spiro atoms. The van der Waals surface area contributed by atoms with E-state index in [9.17, 15) is 10.4 Å². The van der Waals surface area contributed by atoms with Crippen LogP contribution in [-0.4, -0.2) is 63.6 Å². The second-order valence-electron chi connectivity index (χ2n) is 11.4. The van der Waals surface area contributed by atoms with E-state index in [-0.39, 0.29) is 18.6 Å². The molecule has 210 valence electrons. The number of aromatic nitrogens is 3. The van der Waals surface area contributed by atoms with E-state index in [1.807, 2.05) is 0 Å².